The molecule has 1 aromatic carbocycles. The first kappa shape index (κ1) is 19.7. The average Bonchev–Trinajstić information content (AvgIpc) is 3.01. The molecule has 1 atom stereocenters. The molecule has 1 amide bonds. The number of carbonyl (C=O) groups is 1. The van der Waals surface area contributed by atoms with Crippen LogP contribution in [0.4, 0.5) is 5.69 Å². The zero-order chi connectivity index (χ0) is 19.3. The molecular weight excluding hydrogens is 356 g/mol. The molecule has 1 unspecified atom stereocenters. The second kappa shape index (κ2) is 8.66. The molecule has 0 aliphatic rings. The second-order valence-electron chi connectivity index (χ2n) is 5.76. The van der Waals surface area contributed by atoms with E-state index in [9.17, 15) is 14.9 Å². The van der Waals surface area contributed by atoms with E-state index in [1.165, 1.54) is 6.07 Å². The fourth-order valence-corrected chi connectivity index (χ4v) is 3.29. The van der Waals surface area contributed by atoms with E-state index in [1.807, 2.05) is 32.0 Å². The highest BCUT2D eigenvalue weighted by Crippen LogP contribution is 2.31. The number of thiophene rings is 1. The van der Waals surface area contributed by atoms with E-state index in [2.05, 4.69) is 5.32 Å². The van der Waals surface area contributed by atoms with Crippen LogP contribution in [0.5, 0.6) is 11.5 Å². The van der Waals surface area contributed by atoms with Gasteiger partial charge in [0, 0.05) is 6.07 Å². The number of rotatable bonds is 8. The molecule has 140 valence electrons. The van der Waals surface area contributed by atoms with Crippen LogP contribution in [0.15, 0.2) is 24.3 Å². The lowest BCUT2D eigenvalue weighted by atomic mass is 10.1. The van der Waals surface area contributed by atoms with Crippen molar-refractivity contribution in [3.8, 4) is 11.5 Å². The smallest absolute Gasteiger partial charge is 0.283 e. The summed E-state index contributed by atoms with van der Waals surface area (Å²) in [5.41, 5.74) is 0.814. The molecular formula is C18H22N2O5S. The van der Waals surface area contributed by atoms with Gasteiger partial charge in [0.1, 0.15) is 0 Å². The van der Waals surface area contributed by atoms with Gasteiger partial charge >= 0.3 is 0 Å². The first-order chi connectivity index (χ1) is 12.4. The van der Waals surface area contributed by atoms with Crippen LogP contribution in [-0.4, -0.2) is 24.5 Å². The summed E-state index contributed by atoms with van der Waals surface area (Å²) in [7, 11) is 1.56. The monoisotopic (exact) mass is 378 g/mol. The van der Waals surface area contributed by atoms with E-state index in [4.69, 9.17) is 9.47 Å². The van der Waals surface area contributed by atoms with Crippen LogP contribution in [0.1, 0.15) is 46.4 Å². The second-order valence-corrected chi connectivity index (χ2v) is 7.02. The Morgan fingerprint density at radius 1 is 1.35 bits per heavy atom. The quantitative estimate of drug-likeness (QED) is 0.548. The Bertz CT molecular complexity index is 803. The standard InChI is InChI=1S/C18H22N2O5S/c1-5-8-25-15-7-6-13(9-16(15)24-4)11(2)19-18(21)17-10-14(20(22)23)12(3)26-17/h6-7,9-11H,5,8H2,1-4H3,(H,19,21). The SMILES string of the molecule is CCCOc1ccc(C(C)NC(=O)c2cc([N+](=O)[O-])c(C)s2)cc1OC. The predicted molar refractivity (Wildman–Crippen MR) is 100 cm³/mol. The molecule has 0 radical (unpaired) electrons. The number of amides is 1. The lowest BCUT2D eigenvalue weighted by Gasteiger charge is -2.16. The van der Waals surface area contributed by atoms with Crippen LogP contribution in [0.25, 0.3) is 0 Å². The molecule has 2 rings (SSSR count). The topological polar surface area (TPSA) is 90.7 Å². The maximum atomic E-state index is 12.4. The van der Waals surface area contributed by atoms with Crippen LogP contribution < -0.4 is 14.8 Å². The number of carbonyl (C=O) groups excluding carboxylic acids is 1. The number of nitro groups is 1. The van der Waals surface area contributed by atoms with Gasteiger partial charge in [-0.2, -0.15) is 0 Å². The predicted octanol–water partition coefficient (Wildman–Crippen LogP) is 4.25. The van der Waals surface area contributed by atoms with Crippen LogP contribution >= 0.6 is 11.3 Å². The van der Waals surface area contributed by atoms with Crippen molar-refractivity contribution < 1.29 is 19.2 Å². The van der Waals surface area contributed by atoms with Gasteiger partial charge in [0.2, 0.25) is 0 Å². The third kappa shape index (κ3) is 4.51. The van der Waals surface area contributed by atoms with Gasteiger partial charge in [-0.1, -0.05) is 13.0 Å². The first-order valence-corrected chi connectivity index (χ1v) is 9.05. The van der Waals surface area contributed by atoms with Crippen molar-refractivity contribution in [3.05, 3.63) is 49.7 Å². The molecule has 0 saturated heterocycles. The highest BCUT2D eigenvalue weighted by molar-refractivity contribution is 7.14. The van der Waals surface area contributed by atoms with Crippen molar-refractivity contribution in [1.82, 2.24) is 5.32 Å². The van der Waals surface area contributed by atoms with Crippen LogP contribution in [0, 0.1) is 17.0 Å². The molecule has 1 aromatic heterocycles. The number of benzene rings is 1. The molecule has 1 heterocycles. The van der Waals surface area contributed by atoms with Crippen LogP contribution in [0.3, 0.4) is 0 Å². The number of aryl methyl sites for hydroxylation is 1. The summed E-state index contributed by atoms with van der Waals surface area (Å²) >= 11 is 1.11. The molecule has 8 heteroatoms. The Hall–Kier alpha value is -2.61. The molecule has 0 aliphatic carbocycles. The Balaban J connectivity index is 2.13. The van der Waals surface area contributed by atoms with E-state index >= 15 is 0 Å². The molecule has 0 bridgehead atoms. The molecule has 0 aliphatic heterocycles. The Labute approximate surface area is 156 Å². The third-order valence-corrected chi connectivity index (χ3v) is 4.85. The summed E-state index contributed by atoms with van der Waals surface area (Å²) < 4.78 is 11.0. The summed E-state index contributed by atoms with van der Waals surface area (Å²) in [6.45, 7) is 6.09. The summed E-state index contributed by atoms with van der Waals surface area (Å²) in [4.78, 5) is 23.7. The van der Waals surface area contributed by atoms with Gasteiger partial charge in [-0.3, -0.25) is 14.9 Å². The third-order valence-electron chi connectivity index (χ3n) is 3.81. The van der Waals surface area contributed by atoms with Gasteiger partial charge in [0.15, 0.2) is 11.5 Å². The average molecular weight is 378 g/mol. The summed E-state index contributed by atoms with van der Waals surface area (Å²) in [6, 6.07) is 6.51. The first-order valence-electron chi connectivity index (χ1n) is 8.23. The van der Waals surface area contributed by atoms with E-state index < -0.39 is 4.92 Å². The molecule has 26 heavy (non-hydrogen) atoms. The van der Waals surface area contributed by atoms with Crippen molar-refractivity contribution in [1.29, 1.82) is 0 Å². The van der Waals surface area contributed by atoms with Crippen molar-refractivity contribution in [2.75, 3.05) is 13.7 Å². The highest BCUT2D eigenvalue weighted by Gasteiger charge is 2.21. The lowest BCUT2D eigenvalue weighted by molar-refractivity contribution is -0.385. The highest BCUT2D eigenvalue weighted by atomic mass is 32.1. The number of nitrogens with one attached hydrogen (secondary N) is 1. The van der Waals surface area contributed by atoms with E-state index in [0.29, 0.717) is 27.9 Å². The minimum atomic E-state index is -0.480. The molecule has 0 spiro atoms. The summed E-state index contributed by atoms with van der Waals surface area (Å²) in [5, 5.41) is 13.8. The number of hydrogen-bond acceptors (Lipinski definition) is 6. The Morgan fingerprint density at radius 2 is 2.08 bits per heavy atom. The van der Waals surface area contributed by atoms with Gasteiger partial charge in [0.25, 0.3) is 11.6 Å². The molecule has 7 nitrogen and oxygen atoms in total. The molecule has 1 N–H and O–H groups in total. The largest absolute Gasteiger partial charge is 0.493 e. The van der Waals surface area contributed by atoms with E-state index in [1.54, 1.807) is 14.0 Å². The van der Waals surface area contributed by atoms with Gasteiger partial charge in [-0.15, -0.1) is 11.3 Å². The van der Waals surface area contributed by atoms with Crippen LogP contribution in [-0.2, 0) is 0 Å². The summed E-state index contributed by atoms with van der Waals surface area (Å²) in [5.74, 6) is 0.907. The van der Waals surface area contributed by atoms with Gasteiger partial charge in [-0.25, -0.2) is 0 Å². The molecule has 0 fully saturated rings. The summed E-state index contributed by atoms with van der Waals surface area (Å²) in [6.07, 6.45) is 0.893. The van der Waals surface area contributed by atoms with E-state index in [-0.39, 0.29) is 17.6 Å². The fraction of sp³-hybridized carbons (Fsp3) is 0.389. The molecule has 0 saturated carbocycles. The van der Waals surface area contributed by atoms with Crippen molar-refractivity contribution >= 4 is 22.9 Å². The minimum absolute atomic E-state index is 0.0353. The van der Waals surface area contributed by atoms with Gasteiger partial charge in [0.05, 0.1) is 34.4 Å². The van der Waals surface area contributed by atoms with Gasteiger partial charge < -0.3 is 14.8 Å². The Kier molecular flexibility index (Phi) is 6.57. The zero-order valence-electron chi connectivity index (χ0n) is 15.2. The lowest BCUT2D eigenvalue weighted by Crippen LogP contribution is -2.25. The Morgan fingerprint density at radius 3 is 2.65 bits per heavy atom. The van der Waals surface area contributed by atoms with Crippen LogP contribution in [0.2, 0.25) is 0 Å². The number of methoxy groups -OCH3 is 1. The minimum Gasteiger partial charge on any atom is -0.493 e. The van der Waals surface area contributed by atoms with Crippen molar-refractivity contribution in [2.24, 2.45) is 0 Å². The van der Waals surface area contributed by atoms with Crippen molar-refractivity contribution in [2.45, 2.75) is 33.2 Å². The molecule has 2 aromatic rings. The maximum Gasteiger partial charge on any atom is 0.283 e. The van der Waals surface area contributed by atoms with E-state index in [0.717, 1.165) is 23.3 Å². The fourth-order valence-electron chi connectivity index (χ4n) is 2.40. The number of nitrogens with zero attached hydrogens (tertiary/aromatic N) is 1. The number of hydrogen-bond donors (Lipinski definition) is 1. The maximum absolute atomic E-state index is 12.4. The zero-order valence-corrected chi connectivity index (χ0v) is 16.0. The van der Waals surface area contributed by atoms with Crippen molar-refractivity contribution in [3.63, 3.8) is 0 Å². The normalized spacial score (nSPS) is 11.7. The number of ether oxygens (including phenoxy) is 2. The van der Waals surface area contributed by atoms with Gasteiger partial charge in [-0.05, 0) is 38.0 Å².